The van der Waals surface area contributed by atoms with Crippen LogP contribution in [0, 0.1) is 5.82 Å². The molecule has 9 heteroatoms. The first-order valence-corrected chi connectivity index (χ1v) is 10.3. The van der Waals surface area contributed by atoms with Crippen LogP contribution in [0.5, 0.6) is 0 Å². The number of aromatic nitrogens is 1. The summed E-state index contributed by atoms with van der Waals surface area (Å²) < 4.78 is 25.8. The SMILES string of the molecule is CC(C)(C)OC(=O)NN=C(c1ccc(N2CCOCC2)nc1)c1ccc(Br)cc1F. The van der Waals surface area contributed by atoms with Crippen LogP contribution in [0.1, 0.15) is 31.9 Å². The lowest BCUT2D eigenvalue weighted by Gasteiger charge is -2.27. The van der Waals surface area contributed by atoms with E-state index in [0.717, 1.165) is 18.9 Å². The van der Waals surface area contributed by atoms with E-state index in [0.29, 0.717) is 23.2 Å². The van der Waals surface area contributed by atoms with Crippen molar-refractivity contribution in [1.82, 2.24) is 10.4 Å². The first kappa shape index (κ1) is 22.2. The van der Waals surface area contributed by atoms with E-state index in [2.05, 4.69) is 36.3 Å². The monoisotopic (exact) mass is 478 g/mol. The molecule has 1 aromatic carbocycles. The van der Waals surface area contributed by atoms with Gasteiger partial charge in [-0.15, -0.1) is 0 Å². The average Bonchev–Trinajstić information content (AvgIpc) is 2.69. The summed E-state index contributed by atoms with van der Waals surface area (Å²) in [5.74, 6) is 0.323. The molecule has 2 aromatic rings. The molecule has 0 radical (unpaired) electrons. The summed E-state index contributed by atoms with van der Waals surface area (Å²) in [6.07, 6.45) is 0.887. The molecule has 0 bridgehead atoms. The zero-order valence-corrected chi connectivity index (χ0v) is 18.7. The maximum absolute atomic E-state index is 14.7. The highest BCUT2D eigenvalue weighted by Crippen LogP contribution is 2.21. The molecular weight excluding hydrogens is 455 g/mol. The summed E-state index contributed by atoms with van der Waals surface area (Å²) >= 11 is 3.25. The standard InChI is InChI=1S/C21H24BrFN4O3/c1-21(2,3)30-20(28)26-25-19(16-6-5-15(22)12-17(16)23)14-4-7-18(24-13-14)27-8-10-29-11-9-27/h4-7,12-13H,8-11H2,1-3H3,(H,26,28). The van der Waals surface area contributed by atoms with E-state index >= 15 is 0 Å². The molecule has 3 rings (SSSR count). The normalized spacial score (nSPS) is 15.1. The predicted octanol–water partition coefficient (Wildman–Crippen LogP) is 4.10. The number of ether oxygens (including phenoxy) is 2. The quantitative estimate of drug-likeness (QED) is 0.528. The molecule has 0 aliphatic carbocycles. The highest BCUT2D eigenvalue weighted by Gasteiger charge is 2.19. The number of nitrogens with one attached hydrogen (secondary N) is 1. The lowest BCUT2D eigenvalue weighted by molar-refractivity contribution is 0.0529. The predicted molar refractivity (Wildman–Crippen MR) is 116 cm³/mol. The van der Waals surface area contributed by atoms with Crippen LogP contribution < -0.4 is 10.3 Å². The average molecular weight is 479 g/mol. The van der Waals surface area contributed by atoms with Crippen LogP contribution in [0.25, 0.3) is 0 Å². The Balaban J connectivity index is 1.90. The third-order valence-electron chi connectivity index (χ3n) is 4.20. The Kier molecular flexibility index (Phi) is 7.04. The zero-order valence-electron chi connectivity index (χ0n) is 17.1. The van der Waals surface area contributed by atoms with Crippen molar-refractivity contribution in [2.45, 2.75) is 26.4 Å². The van der Waals surface area contributed by atoms with Gasteiger partial charge in [0.1, 0.15) is 22.9 Å². The van der Waals surface area contributed by atoms with Crippen LogP contribution in [0.15, 0.2) is 46.1 Å². The zero-order chi connectivity index (χ0) is 21.7. The number of amides is 1. The fourth-order valence-corrected chi connectivity index (χ4v) is 3.20. The highest BCUT2D eigenvalue weighted by atomic mass is 79.9. The second-order valence-electron chi connectivity index (χ2n) is 7.70. The number of hydrazone groups is 1. The van der Waals surface area contributed by atoms with Gasteiger partial charge in [-0.25, -0.2) is 19.6 Å². The highest BCUT2D eigenvalue weighted by molar-refractivity contribution is 9.10. The molecular formula is C21H24BrFN4O3. The van der Waals surface area contributed by atoms with Crippen LogP contribution >= 0.6 is 15.9 Å². The Labute approximate surface area is 183 Å². The fraction of sp³-hybridized carbons (Fsp3) is 0.381. The van der Waals surface area contributed by atoms with Crippen LogP contribution in [0.3, 0.4) is 0 Å². The van der Waals surface area contributed by atoms with Crippen molar-refractivity contribution in [2.75, 3.05) is 31.2 Å². The lowest BCUT2D eigenvalue weighted by Crippen LogP contribution is -2.36. The maximum atomic E-state index is 14.7. The number of pyridine rings is 1. The molecule has 1 amide bonds. The molecule has 2 heterocycles. The third-order valence-corrected chi connectivity index (χ3v) is 4.69. The Morgan fingerprint density at radius 1 is 1.27 bits per heavy atom. The molecule has 0 saturated carbocycles. The molecule has 1 saturated heterocycles. The van der Waals surface area contributed by atoms with Gasteiger partial charge in [0.2, 0.25) is 0 Å². The summed E-state index contributed by atoms with van der Waals surface area (Å²) in [5, 5.41) is 4.14. The largest absolute Gasteiger partial charge is 0.443 e. The molecule has 1 N–H and O–H groups in total. The minimum absolute atomic E-state index is 0.232. The minimum Gasteiger partial charge on any atom is -0.443 e. The molecule has 0 atom stereocenters. The fourth-order valence-electron chi connectivity index (χ4n) is 2.87. The number of morpholine rings is 1. The van der Waals surface area contributed by atoms with Gasteiger partial charge in [-0.2, -0.15) is 5.10 Å². The molecule has 0 unspecified atom stereocenters. The number of benzene rings is 1. The van der Waals surface area contributed by atoms with E-state index in [1.54, 1.807) is 45.2 Å². The first-order valence-electron chi connectivity index (χ1n) is 9.54. The summed E-state index contributed by atoms with van der Waals surface area (Å²) in [6.45, 7) is 8.07. The molecule has 1 fully saturated rings. The van der Waals surface area contributed by atoms with Crippen molar-refractivity contribution in [3.8, 4) is 0 Å². The molecule has 1 aromatic heterocycles. The maximum Gasteiger partial charge on any atom is 0.428 e. The number of hydrogen-bond acceptors (Lipinski definition) is 6. The van der Waals surface area contributed by atoms with E-state index in [9.17, 15) is 9.18 Å². The smallest absolute Gasteiger partial charge is 0.428 e. The van der Waals surface area contributed by atoms with Gasteiger partial charge in [0, 0.05) is 34.9 Å². The summed E-state index contributed by atoms with van der Waals surface area (Å²) in [4.78, 5) is 18.7. The van der Waals surface area contributed by atoms with Crippen LogP contribution in [0.4, 0.5) is 15.0 Å². The number of hydrogen-bond donors (Lipinski definition) is 1. The summed E-state index contributed by atoms with van der Waals surface area (Å²) in [5.41, 5.74) is 2.71. The van der Waals surface area contributed by atoms with Gasteiger partial charge in [0.15, 0.2) is 0 Å². The third kappa shape index (κ3) is 5.99. The van der Waals surface area contributed by atoms with E-state index < -0.39 is 17.5 Å². The van der Waals surface area contributed by atoms with Crippen molar-refractivity contribution >= 4 is 33.6 Å². The molecule has 160 valence electrons. The van der Waals surface area contributed by atoms with E-state index in [-0.39, 0.29) is 11.3 Å². The number of carbonyl (C=O) groups excluding carboxylic acids is 1. The Bertz CT molecular complexity index is 923. The lowest BCUT2D eigenvalue weighted by atomic mass is 10.0. The van der Waals surface area contributed by atoms with Crippen molar-refractivity contribution in [1.29, 1.82) is 0 Å². The molecule has 1 aliphatic heterocycles. The van der Waals surface area contributed by atoms with E-state index in [1.165, 1.54) is 6.07 Å². The van der Waals surface area contributed by atoms with Gasteiger partial charge in [0.25, 0.3) is 0 Å². The van der Waals surface area contributed by atoms with Gasteiger partial charge in [-0.3, -0.25) is 0 Å². The molecule has 0 spiro atoms. The number of anilines is 1. The van der Waals surface area contributed by atoms with Crippen molar-refractivity contribution in [3.05, 3.63) is 57.9 Å². The number of halogens is 2. The Morgan fingerprint density at radius 2 is 2.00 bits per heavy atom. The number of carbonyl (C=O) groups is 1. The second-order valence-corrected chi connectivity index (χ2v) is 8.62. The molecule has 30 heavy (non-hydrogen) atoms. The topological polar surface area (TPSA) is 76.0 Å². The van der Waals surface area contributed by atoms with Crippen LogP contribution in [0.2, 0.25) is 0 Å². The van der Waals surface area contributed by atoms with Gasteiger partial charge < -0.3 is 14.4 Å². The van der Waals surface area contributed by atoms with Crippen molar-refractivity contribution in [3.63, 3.8) is 0 Å². The van der Waals surface area contributed by atoms with Gasteiger partial charge in [-0.05, 0) is 51.1 Å². The second kappa shape index (κ2) is 9.53. The summed E-state index contributed by atoms with van der Waals surface area (Å²) in [7, 11) is 0. The van der Waals surface area contributed by atoms with Gasteiger partial charge >= 0.3 is 6.09 Å². The number of nitrogens with zero attached hydrogens (tertiary/aromatic N) is 3. The van der Waals surface area contributed by atoms with Crippen molar-refractivity contribution in [2.24, 2.45) is 5.10 Å². The minimum atomic E-state index is -0.726. The van der Waals surface area contributed by atoms with E-state index in [4.69, 9.17) is 9.47 Å². The molecule has 1 aliphatic rings. The van der Waals surface area contributed by atoms with Crippen LogP contribution in [-0.2, 0) is 9.47 Å². The van der Waals surface area contributed by atoms with Gasteiger partial charge in [0.05, 0.1) is 13.2 Å². The Hall–Kier alpha value is -2.52. The van der Waals surface area contributed by atoms with Gasteiger partial charge in [-0.1, -0.05) is 15.9 Å². The first-order chi connectivity index (χ1) is 14.2. The van der Waals surface area contributed by atoms with Crippen molar-refractivity contribution < 1.29 is 18.7 Å². The molecule has 7 nitrogen and oxygen atoms in total. The Morgan fingerprint density at radius 3 is 2.60 bits per heavy atom. The number of rotatable bonds is 4. The van der Waals surface area contributed by atoms with E-state index in [1.807, 2.05) is 6.07 Å². The van der Waals surface area contributed by atoms with Crippen LogP contribution in [-0.4, -0.2) is 48.7 Å². The summed E-state index contributed by atoms with van der Waals surface area (Å²) in [6, 6.07) is 8.28.